The molecule has 0 radical (unpaired) electrons. The van der Waals surface area contributed by atoms with Gasteiger partial charge in [0, 0.05) is 13.1 Å². The maximum atomic E-state index is 11.9. The van der Waals surface area contributed by atoms with Gasteiger partial charge < -0.3 is 15.0 Å². The highest BCUT2D eigenvalue weighted by molar-refractivity contribution is 5.78. The molecule has 0 bridgehead atoms. The summed E-state index contributed by atoms with van der Waals surface area (Å²) in [4.78, 5) is 13.8. The molecule has 2 fully saturated rings. The van der Waals surface area contributed by atoms with Crippen LogP contribution in [0.4, 0.5) is 0 Å². The molecule has 0 spiro atoms. The van der Waals surface area contributed by atoms with Crippen molar-refractivity contribution in [3.63, 3.8) is 0 Å². The van der Waals surface area contributed by atoms with Crippen molar-refractivity contribution in [2.45, 2.75) is 31.6 Å². The van der Waals surface area contributed by atoms with Crippen molar-refractivity contribution in [2.75, 3.05) is 32.8 Å². The largest absolute Gasteiger partial charge is 0.484 e. The van der Waals surface area contributed by atoms with Gasteiger partial charge in [0.05, 0.1) is 0 Å². The van der Waals surface area contributed by atoms with Crippen LogP contribution in [-0.2, 0) is 4.79 Å². The van der Waals surface area contributed by atoms with Gasteiger partial charge in [-0.15, -0.1) is 0 Å². The van der Waals surface area contributed by atoms with Gasteiger partial charge in [0.1, 0.15) is 5.75 Å². The summed E-state index contributed by atoms with van der Waals surface area (Å²) in [5, 5.41) is 3.39. The Bertz CT molecular complexity index is 460. The maximum Gasteiger partial charge on any atom is 0.260 e. The van der Waals surface area contributed by atoms with Crippen LogP contribution in [0.15, 0.2) is 24.3 Å². The number of likely N-dealkylation sites (tertiary alicyclic amines) is 1. The van der Waals surface area contributed by atoms with E-state index in [0.29, 0.717) is 5.92 Å². The first-order chi connectivity index (χ1) is 10.3. The molecule has 2 heterocycles. The van der Waals surface area contributed by atoms with E-state index in [4.69, 9.17) is 4.74 Å². The predicted molar refractivity (Wildman–Crippen MR) is 82.6 cm³/mol. The third-order valence-corrected chi connectivity index (χ3v) is 4.51. The smallest absolute Gasteiger partial charge is 0.260 e. The second kappa shape index (κ2) is 6.94. The molecule has 2 saturated heterocycles. The lowest BCUT2D eigenvalue weighted by Gasteiger charge is -2.23. The minimum absolute atomic E-state index is 0.106. The normalized spacial score (nSPS) is 19.7. The van der Waals surface area contributed by atoms with E-state index in [-0.39, 0.29) is 12.5 Å². The number of carbonyl (C=O) groups is 1. The Morgan fingerprint density at radius 3 is 2.48 bits per heavy atom. The molecule has 0 aliphatic carbocycles. The fourth-order valence-electron chi connectivity index (χ4n) is 3.19. The predicted octanol–water partition coefficient (Wildman–Crippen LogP) is 2.15. The van der Waals surface area contributed by atoms with Crippen molar-refractivity contribution in [1.29, 1.82) is 0 Å². The molecule has 4 heteroatoms. The fraction of sp³-hybridized carbons (Fsp3) is 0.588. The Morgan fingerprint density at radius 1 is 1.14 bits per heavy atom. The number of nitrogens with one attached hydrogen (secondary N) is 1. The summed E-state index contributed by atoms with van der Waals surface area (Å²) in [6.07, 6.45) is 4.65. The number of rotatable bonds is 4. The van der Waals surface area contributed by atoms with Gasteiger partial charge in [-0.05, 0) is 62.4 Å². The third-order valence-electron chi connectivity index (χ3n) is 4.51. The first-order valence-corrected chi connectivity index (χ1v) is 8.04. The third kappa shape index (κ3) is 3.76. The number of amides is 1. The van der Waals surface area contributed by atoms with E-state index in [1.807, 2.05) is 17.0 Å². The van der Waals surface area contributed by atoms with Crippen molar-refractivity contribution in [1.82, 2.24) is 10.2 Å². The molecule has 21 heavy (non-hydrogen) atoms. The van der Waals surface area contributed by atoms with Gasteiger partial charge in [-0.2, -0.15) is 0 Å². The van der Waals surface area contributed by atoms with Crippen LogP contribution in [0.3, 0.4) is 0 Å². The summed E-state index contributed by atoms with van der Waals surface area (Å²) in [6.45, 7) is 4.14. The molecular formula is C17H24N2O2. The van der Waals surface area contributed by atoms with Crippen molar-refractivity contribution in [3.8, 4) is 5.75 Å². The van der Waals surface area contributed by atoms with Gasteiger partial charge in [-0.3, -0.25) is 4.79 Å². The molecule has 2 aliphatic heterocycles. The summed E-state index contributed by atoms with van der Waals surface area (Å²) in [5.74, 6) is 1.56. The highest BCUT2D eigenvalue weighted by Crippen LogP contribution is 2.26. The van der Waals surface area contributed by atoms with Gasteiger partial charge in [0.25, 0.3) is 5.91 Å². The van der Waals surface area contributed by atoms with Gasteiger partial charge >= 0.3 is 0 Å². The highest BCUT2D eigenvalue weighted by atomic mass is 16.5. The summed E-state index contributed by atoms with van der Waals surface area (Å²) in [6, 6.07) is 8.28. The molecule has 0 atom stereocenters. The van der Waals surface area contributed by atoms with Crippen molar-refractivity contribution < 1.29 is 9.53 Å². The Balaban J connectivity index is 1.50. The molecular weight excluding hydrogens is 264 g/mol. The van der Waals surface area contributed by atoms with Crippen LogP contribution < -0.4 is 10.1 Å². The molecule has 0 unspecified atom stereocenters. The molecule has 1 aromatic carbocycles. The zero-order valence-corrected chi connectivity index (χ0v) is 12.5. The van der Waals surface area contributed by atoms with Crippen LogP contribution in [0.1, 0.15) is 37.2 Å². The van der Waals surface area contributed by atoms with Crippen LogP contribution in [0.2, 0.25) is 0 Å². The van der Waals surface area contributed by atoms with E-state index in [1.54, 1.807) is 0 Å². The number of benzene rings is 1. The quantitative estimate of drug-likeness (QED) is 0.923. The molecule has 1 N–H and O–H groups in total. The first kappa shape index (κ1) is 14.4. The second-order valence-corrected chi connectivity index (χ2v) is 5.97. The van der Waals surface area contributed by atoms with Crippen molar-refractivity contribution >= 4 is 5.91 Å². The number of ether oxygens (including phenoxy) is 1. The minimum atomic E-state index is 0.106. The van der Waals surface area contributed by atoms with Crippen LogP contribution in [0.5, 0.6) is 5.75 Å². The maximum absolute atomic E-state index is 11.9. The minimum Gasteiger partial charge on any atom is -0.484 e. The number of hydrogen-bond acceptors (Lipinski definition) is 3. The molecule has 3 rings (SSSR count). The van der Waals surface area contributed by atoms with E-state index in [2.05, 4.69) is 17.4 Å². The summed E-state index contributed by atoms with van der Waals surface area (Å²) >= 11 is 0. The van der Waals surface area contributed by atoms with Crippen LogP contribution in [-0.4, -0.2) is 43.6 Å². The molecule has 114 valence electrons. The van der Waals surface area contributed by atoms with E-state index in [9.17, 15) is 4.79 Å². The van der Waals surface area contributed by atoms with Crippen LogP contribution in [0, 0.1) is 0 Å². The summed E-state index contributed by atoms with van der Waals surface area (Å²) < 4.78 is 5.62. The monoisotopic (exact) mass is 288 g/mol. The number of nitrogens with zero attached hydrogens (tertiary/aromatic N) is 1. The van der Waals surface area contributed by atoms with Gasteiger partial charge in [0.2, 0.25) is 0 Å². The van der Waals surface area contributed by atoms with Gasteiger partial charge in [-0.25, -0.2) is 0 Å². The molecule has 0 aromatic heterocycles. The fourth-order valence-corrected chi connectivity index (χ4v) is 3.19. The summed E-state index contributed by atoms with van der Waals surface area (Å²) in [5.41, 5.74) is 1.38. The van der Waals surface area contributed by atoms with E-state index in [1.165, 1.54) is 18.4 Å². The number of piperidine rings is 1. The lowest BCUT2D eigenvalue weighted by Crippen LogP contribution is -2.32. The Kier molecular flexibility index (Phi) is 4.76. The molecule has 4 nitrogen and oxygen atoms in total. The van der Waals surface area contributed by atoms with Gasteiger partial charge in [0.15, 0.2) is 6.61 Å². The van der Waals surface area contributed by atoms with Crippen LogP contribution in [0.25, 0.3) is 0 Å². The Hall–Kier alpha value is -1.55. The van der Waals surface area contributed by atoms with Crippen molar-refractivity contribution in [2.24, 2.45) is 0 Å². The molecule has 0 saturated carbocycles. The molecule has 1 amide bonds. The number of carbonyl (C=O) groups excluding carboxylic acids is 1. The highest BCUT2D eigenvalue weighted by Gasteiger charge is 2.18. The topological polar surface area (TPSA) is 41.6 Å². The first-order valence-electron chi connectivity index (χ1n) is 8.04. The average Bonchev–Trinajstić information content (AvgIpc) is 3.08. The second-order valence-electron chi connectivity index (χ2n) is 5.97. The lowest BCUT2D eigenvalue weighted by molar-refractivity contribution is -0.132. The van der Waals surface area contributed by atoms with Crippen molar-refractivity contribution in [3.05, 3.63) is 29.8 Å². The van der Waals surface area contributed by atoms with E-state index >= 15 is 0 Å². The standard InChI is InChI=1S/C17H24N2O2/c20-17(19-11-1-2-12-19)13-21-16-5-3-14(4-6-16)15-7-9-18-10-8-15/h3-6,15,18H,1-2,7-13H2. The number of hydrogen-bond donors (Lipinski definition) is 1. The van der Waals surface area contributed by atoms with E-state index < -0.39 is 0 Å². The van der Waals surface area contributed by atoms with Gasteiger partial charge in [-0.1, -0.05) is 12.1 Å². The lowest BCUT2D eigenvalue weighted by atomic mass is 9.90. The van der Waals surface area contributed by atoms with Crippen LogP contribution >= 0.6 is 0 Å². The summed E-state index contributed by atoms with van der Waals surface area (Å²) in [7, 11) is 0. The average molecular weight is 288 g/mol. The van der Waals surface area contributed by atoms with E-state index in [0.717, 1.165) is 44.8 Å². The zero-order chi connectivity index (χ0) is 14.5. The molecule has 1 aromatic rings. The molecule has 2 aliphatic rings. The SMILES string of the molecule is O=C(COc1ccc(C2CCNCC2)cc1)N1CCCC1. The zero-order valence-electron chi connectivity index (χ0n) is 12.5. The Morgan fingerprint density at radius 2 is 1.81 bits per heavy atom. The Labute approximate surface area is 126 Å².